The van der Waals surface area contributed by atoms with Crippen LogP contribution in [0.3, 0.4) is 0 Å². The van der Waals surface area contributed by atoms with Crippen molar-refractivity contribution in [1.82, 2.24) is 0 Å². The Bertz CT molecular complexity index is 730. The normalized spacial score (nSPS) is 17.4. The van der Waals surface area contributed by atoms with E-state index in [2.05, 4.69) is 24.8 Å². The average Bonchev–Trinajstić information content (AvgIpc) is 2.73. The van der Waals surface area contributed by atoms with Crippen molar-refractivity contribution in [2.24, 2.45) is 0 Å². The minimum Gasteiger partial charge on any atom is -0.490 e. The number of hydrogen-bond acceptors (Lipinski definition) is 3. The second kappa shape index (κ2) is 9.89. The lowest BCUT2D eigenvalue weighted by atomic mass is 9.98. The molecule has 2 N–H and O–H groups in total. The largest absolute Gasteiger partial charge is 0.490 e. The molecule has 3 rings (SSSR count). The summed E-state index contributed by atoms with van der Waals surface area (Å²) in [7, 11) is 0. The number of anilines is 1. The number of hydrogen-bond donors (Lipinski definition) is 2. The third-order valence-corrected chi connectivity index (χ3v) is 5.68. The van der Waals surface area contributed by atoms with Gasteiger partial charge in [0.05, 0.1) is 26.2 Å². The zero-order chi connectivity index (χ0) is 19.9. The molecule has 0 bridgehead atoms. The Labute approximate surface area is 167 Å². The van der Waals surface area contributed by atoms with Crippen LogP contribution in [-0.4, -0.2) is 50.5 Å². The van der Waals surface area contributed by atoms with Crippen LogP contribution >= 0.6 is 0 Å². The number of nitrogens with one attached hydrogen (secondary N) is 1. The number of halogens is 1. The summed E-state index contributed by atoms with van der Waals surface area (Å²) in [6, 6.07) is 14.8. The molecule has 0 saturated carbocycles. The van der Waals surface area contributed by atoms with E-state index in [1.165, 1.54) is 22.6 Å². The molecule has 5 heteroatoms. The van der Waals surface area contributed by atoms with Gasteiger partial charge in [-0.05, 0) is 48.2 Å². The lowest BCUT2D eigenvalue weighted by molar-refractivity contribution is -0.903. The second-order valence-electron chi connectivity index (χ2n) is 7.73. The highest BCUT2D eigenvalue weighted by Gasteiger charge is 2.23. The molecule has 0 radical (unpaired) electrons. The maximum atomic E-state index is 13.1. The van der Waals surface area contributed by atoms with Gasteiger partial charge in [0, 0.05) is 5.69 Å². The van der Waals surface area contributed by atoms with E-state index in [-0.39, 0.29) is 5.82 Å². The van der Waals surface area contributed by atoms with Crippen LogP contribution in [0, 0.1) is 5.82 Å². The van der Waals surface area contributed by atoms with Crippen molar-refractivity contribution < 1.29 is 19.1 Å². The van der Waals surface area contributed by atoms with Crippen molar-refractivity contribution in [3.8, 4) is 5.75 Å². The highest BCUT2D eigenvalue weighted by Crippen LogP contribution is 2.28. The molecule has 0 amide bonds. The zero-order valence-corrected chi connectivity index (χ0v) is 16.9. The number of para-hydroxylation sites is 1. The SMILES string of the molecule is CC[C@H](C)c1ccccc1OC[C@H](O)C[NH+]1CCN(c2ccc(F)cc2)CC1. The average molecular weight is 388 g/mol. The second-order valence-corrected chi connectivity index (χ2v) is 7.73. The van der Waals surface area contributed by atoms with Gasteiger partial charge < -0.3 is 19.6 Å². The monoisotopic (exact) mass is 387 g/mol. The molecule has 2 aromatic carbocycles. The van der Waals surface area contributed by atoms with Gasteiger partial charge in [-0.15, -0.1) is 0 Å². The summed E-state index contributed by atoms with van der Waals surface area (Å²) in [6.45, 7) is 9.10. The van der Waals surface area contributed by atoms with Gasteiger partial charge in [-0.3, -0.25) is 0 Å². The molecule has 1 saturated heterocycles. The summed E-state index contributed by atoms with van der Waals surface area (Å²) < 4.78 is 19.0. The van der Waals surface area contributed by atoms with Crippen molar-refractivity contribution in [1.29, 1.82) is 0 Å². The fraction of sp³-hybridized carbons (Fsp3) is 0.478. The first-order valence-electron chi connectivity index (χ1n) is 10.3. The number of rotatable bonds is 8. The molecule has 2 aromatic rings. The predicted octanol–water partition coefficient (Wildman–Crippen LogP) is 2.48. The molecule has 152 valence electrons. The van der Waals surface area contributed by atoms with Gasteiger partial charge >= 0.3 is 0 Å². The fourth-order valence-corrected chi connectivity index (χ4v) is 3.75. The molecule has 0 spiro atoms. The first-order valence-corrected chi connectivity index (χ1v) is 10.3. The number of piperazine rings is 1. The lowest BCUT2D eigenvalue weighted by Crippen LogP contribution is -3.16. The van der Waals surface area contributed by atoms with E-state index in [1.807, 2.05) is 30.3 Å². The van der Waals surface area contributed by atoms with Gasteiger partial charge in [0.1, 0.15) is 30.8 Å². The van der Waals surface area contributed by atoms with Gasteiger partial charge in [0.25, 0.3) is 0 Å². The quantitative estimate of drug-likeness (QED) is 0.731. The molecule has 0 aromatic heterocycles. The number of aliphatic hydroxyl groups excluding tert-OH is 1. The number of quaternary nitrogens is 1. The molecule has 0 aliphatic carbocycles. The molecule has 1 fully saturated rings. The van der Waals surface area contributed by atoms with E-state index >= 15 is 0 Å². The van der Waals surface area contributed by atoms with Crippen molar-refractivity contribution in [3.63, 3.8) is 0 Å². The summed E-state index contributed by atoms with van der Waals surface area (Å²) in [6.07, 6.45) is 0.572. The molecule has 1 aliphatic rings. The molecule has 28 heavy (non-hydrogen) atoms. The maximum Gasteiger partial charge on any atom is 0.137 e. The summed E-state index contributed by atoms with van der Waals surface area (Å²) in [5.41, 5.74) is 2.27. The molecule has 4 nitrogen and oxygen atoms in total. The lowest BCUT2D eigenvalue weighted by Gasteiger charge is -2.34. The maximum absolute atomic E-state index is 13.1. The Morgan fingerprint density at radius 1 is 1.11 bits per heavy atom. The summed E-state index contributed by atoms with van der Waals surface area (Å²) in [5.74, 6) is 1.12. The van der Waals surface area contributed by atoms with Crippen molar-refractivity contribution in [3.05, 3.63) is 59.9 Å². The van der Waals surface area contributed by atoms with Crippen LogP contribution in [0.15, 0.2) is 48.5 Å². The van der Waals surface area contributed by atoms with Crippen LogP contribution in [0.4, 0.5) is 10.1 Å². The van der Waals surface area contributed by atoms with Gasteiger partial charge in [-0.1, -0.05) is 32.0 Å². The summed E-state index contributed by atoms with van der Waals surface area (Å²) >= 11 is 0. The van der Waals surface area contributed by atoms with Gasteiger partial charge in [-0.2, -0.15) is 0 Å². The molecular formula is C23H32FN2O2+. The van der Waals surface area contributed by atoms with E-state index in [0.717, 1.165) is 44.0 Å². The summed E-state index contributed by atoms with van der Waals surface area (Å²) in [4.78, 5) is 3.65. The Morgan fingerprint density at radius 2 is 1.79 bits per heavy atom. The minimum absolute atomic E-state index is 0.203. The Kier molecular flexibility index (Phi) is 7.29. The fourth-order valence-electron chi connectivity index (χ4n) is 3.75. The van der Waals surface area contributed by atoms with E-state index in [9.17, 15) is 9.50 Å². The third-order valence-electron chi connectivity index (χ3n) is 5.68. The third kappa shape index (κ3) is 5.46. The Morgan fingerprint density at radius 3 is 2.46 bits per heavy atom. The highest BCUT2D eigenvalue weighted by molar-refractivity contribution is 5.46. The molecule has 1 aliphatic heterocycles. The van der Waals surface area contributed by atoms with Crippen molar-refractivity contribution >= 4 is 5.69 Å². The first-order chi connectivity index (χ1) is 13.6. The van der Waals surface area contributed by atoms with Gasteiger partial charge in [0.2, 0.25) is 0 Å². The minimum atomic E-state index is -0.489. The number of nitrogens with zero attached hydrogens (tertiary/aromatic N) is 1. The number of ether oxygens (including phenoxy) is 1. The Hall–Kier alpha value is -2.11. The zero-order valence-electron chi connectivity index (χ0n) is 16.9. The number of benzene rings is 2. The summed E-state index contributed by atoms with van der Waals surface area (Å²) in [5, 5.41) is 10.5. The standard InChI is InChI=1S/C23H31FN2O2/c1-3-18(2)22-6-4-5-7-23(22)28-17-21(27)16-25-12-14-26(15-13-25)20-10-8-19(24)9-11-20/h4-11,18,21,27H,3,12-17H2,1-2H3/p+1/t18-,21+/m0/s1. The van der Waals surface area contributed by atoms with E-state index in [0.29, 0.717) is 19.1 Å². The van der Waals surface area contributed by atoms with Crippen molar-refractivity contribution in [2.75, 3.05) is 44.2 Å². The first kappa shape index (κ1) is 20.6. The van der Waals surface area contributed by atoms with E-state index in [4.69, 9.17) is 4.74 Å². The van der Waals surface area contributed by atoms with Crippen LogP contribution in [-0.2, 0) is 0 Å². The molecule has 0 unspecified atom stereocenters. The van der Waals surface area contributed by atoms with Crippen LogP contribution in [0.2, 0.25) is 0 Å². The smallest absolute Gasteiger partial charge is 0.137 e. The van der Waals surface area contributed by atoms with Crippen molar-refractivity contribution in [2.45, 2.75) is 32.3 Å². The Balaban J connectivity index is 1.45. The van der Waals surface area contributed by atoms with Gasteiger partial charge in [-0.25, -0.2) is 4.39 Å². The molecule has 1 heterocycles. The molecule has 2 atom stereocenters. The highest BCUT2D eigenvalue weighted by atomic mass is 19.1. The van der Waals surface area contributed by atoms with Crippen LogP contribution in [0.25, 0.3) is 0 Å². The topological polar surface area (TPSA) is 37.1 Å². The van der Waals surface area contributed by atoms with Gasteiger partial charge in [0.15, 0.2) is 0 Å². The van der Waals surface area contributed by atoms with E-state index in [1.54, 1.807) is 0 Å². The molecular weight excluding hydrogens is 355 g/mol. The van der Waals surface area contributed by atoms with E-state index < -0.39 is 6.10 Å². The predicted molar refractivity (Wildman–Crippen MR) is 111 cm³/mol. The van der Waals surface area contributed by atoms with Crippen LogP contribution in [0.5, 0.6) is 5.75 Å². The van der Waals surface area contributed by atoms with Crippen LogP contribution < -0.4 is 14.5 Å². The van der Waals surface area contributed by atoms with Crippen LogP contribution in [0.1, 0.15) is 31.7 Å². The number of aliphatic hydroxyl groups is 1.